The number of nitrogens with zero attached hydrogens (tertiary/aromatic N) is 1. The zero-order chi connectivity index (χ0) is 38.5. The molecule has 298 valence electrons. The minimum Gasteiger partial charge on any atom is -0.477 e. The zero-order valence-electron chi connectivity index (χ0n) is 33.4. The van der Waals surface area contributed by atoms with Crippen molar-refractivity contribution in [3.05, 3.63) is 60.8 Å². The lowest BCUT2D eigenvalue weighted by molar-refractivity contribution is -0.870. The molecule has 2 atom stereocenters. The Hall–Kier alpha value is -3.01. The maximum absolute atomic E-state index is 12.7. The number of carbonyl (C=O) groups is 3. The number of rotatable bonds is 35. The van der Waals surface area contributed by atoms with Crippen molar-refractivity contribution >= 4 is 17.9 Å². The van der Waals surface area contributed by atoms with Gasteiger partial charge in [0.15, 0.2) is 6.10 Å². The van der Waals surface area contributed by atoms with Crippen molar-refractivity contribution in [2.75, 3.05) is 47.5 Å². The predicted molar refractivity (Wildman–Crippen MR) is 212 cm³/mol. The minimum atomic E-state index is -1.52. The third kappa shape index (κ3) is 35.4. The Bertz CT molecular complexity index is 1040. The number of quaternary nitrogens is 1. The summed E-state index contributed by atoms with van der Waals surface area (Å²) in [7, 11) is 5.93. The summed E-state index contributed by atoms with van der Waals surface area (Å²) in [5.74, 6) is -2.07. The first-order valence-electron chi connectivity index (χ1n) is 20.0. The molecule has 0 fully saturated rings. The van der Waals surface area contributed by atoms with Crippen molar-refractivity contribution in [3.63, 3.8) is 0 Å². The first kappa shape index (κ1) is 49.0. The summed E-state index contributed by atoms with van der Waals surface area (Å²) < 4.78 is 22.6. The number of carboxylic acids is 1. The van der Waals surface area contributed by atoms with Crippen LogP contribution in [0.4, 0.5) is 0 Å². The van der Waals surface area contributed by atoms with Crippen LogP contribution in [-0.4, -0.2) is 87.4 Å². The van der Waals surface area contributed by atoms with Crippen molar-refractivity contribution < 1.29 is 42.9 Å². The van der Waals surface area contributed by atoms with E-state index < -0.39 is 24.3 Å². The molecule has 9 heteroatoms. The van der Waals surface area contributed by atoms with E-state index in [2.05, 4.69) is 74.6 Å². The molecule has 0 aromatic carbocycles. The fraction of sp³-hybridized carbons (Fsp3) is 0.698. The topological polar surface area (TPSA) is 108 Å². The molecule has 2 unspecified atom stereocenters. The number of aliphatic carboxylic acids is 1. The average molecular weight is 733 g/mol. The number of carboxylic acid groups (broad SMARTS) is 1. The van der Waals surface area contributed by atoms with Gasteiger partial charge in [-0.3, -0.25) is 9.59 Å². The second-order valence-electron chi connectivity index (χ2n) is 14.2. The summed E-state index contributed by atoms with van der Waals surface area (Å²) in [5, 5.41) is 9.59. The summed E-state index contributed by atoms with van der Waals surface area (Å²) in [6.45, 7) is 4.62. The SMILES string of the molecule is CC/C=C\C/C=C\C/C=C\C/C=C\CCCCCCC(=O)OC(COC(=O)CCCCCCC/C=C\CCC)COC(OCC[N+](C)(C)C)C(=O)O. The van der Waals surface area contributed by atoms with Crippen LogP contribution in [0.15, 0.2) is 60.8 Å². The third-order valence-electron chi connectivity index (χ3n) is 7.99. The maximum Gasteiger partial charge on any atom is 0.361 e. The monoisotopic (exact) mass is 733 g/mol. The lowest BCUT2D eigenvalue weighted by atomic mass is 10.1. The van der Waals surface area contributed by atoms with Gasteiger partial charge in [-0.1, -0.05) is 113 Å². The summed E-state index contributed by atoms with van der Waals surface area (Å²) in [6.07, 6.45) is 37.1. The summed E-state index contributed by atoms with van der Waals surface area (Å²) in [5.41, 5.74) is 0. The molecule has 0 aromatic rings. The number of unbranched alkanes of at least 4 members (excludes halogenated alkanes) is 10. The van der Waals surface area contributed by atoms with Crippen LogP contribution in [0, 0.1) is 0 Å². The summed E-state index contributed by atoms with van der Waals surface area (Å²) >= 11 is 0. The number of likely N-dealkylation sites (N-methyl/N-ethyl adjacent to an activating group) is 1. The van der Waals surface area contributed by atoms with Crippen LogP contribution in [-0.2, 0) is 33.3 Å². The Kier molecular flexibility index (Phi) is 33.0. The first-order valence-corrected chi connectivity index (χ1v) is 20.0. The molecule has 0 aromatic heterocycles. The number of ether oxygens (including phenoxy) is 4. The Labute approximate surface area is 316 Å². The van der Waals surface area contributed by atoms with Crippen molar-refractivity contribution in [1.82, 2.24) is 0 Å². The smallest absolute Gasteiger partial charge is 0.361 e. The second kappa shape index (κ2) is 35.0. The highest BCUT2D eigenvalue weighted by Gasteiger charge is 2.25. The number of allylic oxidation sites excluding steroid dienone is 10. The molecule has 0 rings (SSSR count). The predicted octanol–water partition coefficient (Wildman–Crippen LogP) is 9.82. The molecule has 0 saturated heterocycles. The number of hydrogen-bond donors (Lipinski definition) is 1. The van der Waals surface area contributed by atoms with Gasteiger partial charge >= 0.3 is 17.9 Å². The van der Waals surface area contributed by atoms with E-state index in [0.717, 1.165) is 96.3 Å². The molecule has 0 aliphatic carbocycles. The molecule has 0 radical (unpaired) electrons. The van der Waals surface area contributed by atoms with Gasteiger partial charge in [0.25, 0.3) is 6.29 Å². The van der Waals surface area contributed by atoms with Gasteiger partial charge in [-0.25, -0.2) is 4.79 Å². The average Bonchev–Trinajstić information content (AvgIpc) is 3.09. The van der Waals surface area contributed by atoms with Crippen LogP contribution < -0.4 is 0 Å². The van der Waals surface area contributed by atoms with Crippen molar-refractivity contribution in [2.45, 2.75) is 148 Å². The summed E-state index contributed by atoms with van der Waals surface area (Å²) in [6, 6.07) is 0. The largest absolute Gasteiger partial charge is 0.477 e. The van der Waals surface area contributed by atoms with Crippen molar-refractivity contribution in [3.8, 4) is 0 Å². The summed E-state index contributed by atoms with van der Waals surface area (Å²) in [4.78, 5) is 36.9. The quantitative estimate of drug-likeness (QED) is 0.0226. The van der Waals surface area contributed by atoms with E-state index >= 15 is 0 Å². The maximum atomic E-state index is 12.7. The Balaban J connectivity index is 4.57. The van der Waals surface area contributed by atoms with Crippen LogP contribution in [0.1, 0.15) is 136 Å². The van der Waals surface area contributed by atoms with Gasteiger partial charge in [0.05, 0.1) is 34.4 Å². The van der Waals surface area contributed by atoms with Gasteiger partial charge < -0.3 is 28.5 Å². The molecule has 0 spiro atoms. The molecule has 1 N–H and O–H groups in total. The van der Waals surface area contributed by atoms with Crippen molar-refractivity contribution in [2.24, 2.45) is 0 Å². The van der Waals surface area contributed by atoms with Gasteiger partial charge in [-0.05, 0) is 70.6 Å². The minimum absolute atomic E-state index is 0.178. The Morgan fingerprint density at radius 3 is 1.65 bits per heavy atom. The third-order valence-corrected chi connectivity index (χ3v) is 7.99. The highest BCUT2D eigenvalue weighted by Crippen LogP contribution is 2.12. The second-order valence-corrected chi connectivity index (χ2v) is 14.2. The molecule has 0 bridgehead atoms. The van der Waals surface area contributed by atoms with Gasteiger partial charge in [-0.2, -0.15) is 0 Å². The van der Waals surface area contributed by atoms with Gasteiger partial charge in [0.1, 0.15) is 13.2 Å². The van der Waals surface area contributed by atoms with E-state index in [-0.39, 0.29) is 38.6 Å². The lowest BCUT2D eigenvalue weighted by Crippen LogP contribution is -2.40. The van der Waals surface area contributed by atoms with Crippen LogP contribution in [0.3, 0.4) is 0 Å². The molecule has 0 aliphatic heterocycles. The molecule has 0 saturated carbocycles. The van der Waals surface area contributed by atoms with Gasteiger partial charge in [0.2, 0.25) is 0 Å². The Morgan fingerprint density at radius 1 is 0.596 bits per heavy atom. The van der Waals surface area contributed by atoms with Crippen LogP contribution >= 0.6 is 0 Å². The van der Waals surface area contributed by atoms with Crippen molar-refractivity contribution in [1.29, 1.82) is 0 Å². The van der Waals surface area contributed by atoms with E-state index in [1.54, 1.807) is 0 Å². The fourth-order valence-corrected chi connectivity index (χ4v) is 4.88. The molecular weight excluding hydrogens is 658 g/mol. The van der Waals surface area contributed by atoms with Crippen LogP contribution in [0.25, 0.3) is 0 Å². The lowest BCUT2D eigenvalue weighted by Gasteiger charge is -2.25. The van der Waals surface area contributed by atoms with Gasteiger partial charge in [0, 0.05) is 12.8 Å². The standard InChI is InChI=1S/C43H73NO8/c1-6-8-10-12-14-16-18-19-20-21-22-23-24-26-28-30-32-34-41(46)52-39(38-51-43(42(47)48)49-36-35-44(3,4)5)37-50-40(45)33-31-29-27-25-17-15-13-11-9-7-2/h8,10-11,13-14,16,19-20,22-23,39,43H,6-7,9,12,15,17-18,21,24-38H2,1-5H3/p+1/b10-8-,13-11-,16-14-,20-19-,23-22-. The Morgan fingerprint density at radius 2 is 1.10 bits per heavy atom. The molecule has 9 nitrogen and oxygen atoms in total. The van der Waals surface area contributed by atoms with Crippen LogP contribution in [0.2, 0.25) is 0 Å². The number of carbonyl (C=O) groups excluding carboxylic acids is 2. The van der Waals surface area contributed by atoms with E-state index in [1.165, 1.54) is 6.42 Å². The number of hydrogen-bond acceptors (Lipinski definition) is 7. The molecule has 0 aliphatic rings. The molecule has 0 amide bonds. The molecular formula is C43H74NO8+. The normalized spacial score (nSPS) is 13.6. The highest BCUT2D eigenvalue weighted by molar-refractivity contribution is 5.71. The van der Waals surface area contributed by atoms with E-state index in [4.69, 9.17) is 18.9 Å². The van der Waals surface area contributed by atoms with Gasteiger partial charge in [-0.15, -0.1) is 0 Å². The fourth-order valence-electron chi connectivity index (χ4n) is 4.88. The van der Waals surface area contributed by atoms with E-state index in [1.807, 2.05) is 21.1 Å². The zero-order valence-corrected chi connectivity index (χ0v) is 33.4. The number of esters is 2. The van der Waals surface area contributed by atoms with Crippen LogP contribution in [0.5, 0.6) is 0 Å². The highest BCUT2D eigenvalue weighted by atomic mass is 16.7. The molecule has 52 heavy (non-hydrogen) atoms. The van der Waals surface area contributed by atoms with E-state index in [9.17, 15) is 19.5 Å². The molecule has 0 heterocycles. The first-order chi connectivity index (χ1) is 25.1. The van der Waals surface area contributed by atoms with E-state index in [0.29, 0.717) is 17.4 Å².